The van der Waals surface area contributed by atoms with Crippen LogP contribution >= 0.6 is 11.3 Å². The number of ether oxygens (including phenoxy) is 1. The summed E-state index contributed by atoms with van der Waals surface area (Å²) in [6, 6.07) is 0.0719. The van der Waals surface area contributed by atoms with E-state index in [0.29, 0.717) is 5.92 Å². The van der Waals surface area contributed by atoms with Crippen molar-refractivity contribution in [2.24, 2.45) is 11.7 Å². The molecule has 2 rings (SSSR count). The zero-order chi connectivity index (χ0) is 13.1. The van der Waals surface area contributed by atoms with Crippen LogP contribution in [0.5, 0.6) is 0 Å². The van der Waals surface area contributed by atoms with E-state index in [1.165, 1.54) is 17.7 Å². The average molecular weight is 269 g/mol. The van der Waals surface area contributed by atoms with Crippen molar-refractivity contribution in [2.75, 3.05) is 31.7 Å². The zero-order valence-corrected chi connectivity index (χ0v) is 12.3. The molecule has 1 aromatic heterocycles. The van der Waals surface area contributed by atoms with Crippen LogP contribution in [-0.2, 0) is 4.74 Å². The second-order valence-electron chi connectivity index (χ2n) is 5.20. The van der Waals surface area contributed by atoms with Crippen molar-refractivity contribution in [3.8, 4) is 0 Å². The molecule has 0 amide bonds. The Morgan fingerprint density at radius 2 is 2.39 bits per heavy atom. The number of aromatic nitrogens is 1. The van der Waals surface area contributed by atoms with Crippen LogP contribution in [0.25, 0.3) is 0 Å². The summed E-state index contributed by atoms with van der Waals surface area (Å²) in [6.07, 6.45) is 2.44. The molecule has 0 bridgehead atoms. The zero-order valence-electron chi connectivity index (χ0n) is 11.5. The molecule has 2 unspecified atom stereocenters. The normalized spacial score (nSPS) is 21.9. The van der Waals surface area contributed by atoms with Crippen LogP contribution in [0.4, 0.5) is 5.13 Å². The van der Waals surface area contributed by atoms with Crippen LogP contribution in [0.15, 0.2) is 0 Å². The molecule has 1 fully saturated rings. The molecule has 102 valence electrons. The van der Waals surface area contributed by atoms with Crippen LogP contribution in [0.2, 0.25) is 0 Å². The molecule has 1 aliphatic rings. The fraction of sp³-hybridized carbons (Fsp3) is 0.769. The second kappa shape index (κ2) is 5.99. The smallest absolute Gasteiger partial charge is 0.185 e. The third-order valence-electron chi connectivity index (χ3n) is 3.35. The van der Waals surface area contributed by atoms with Crippen LogP contribution in [-0.4, -0.2) is 31.8 Å². The largest absolute Gasteiger partial charge is 0.381 e. The van der Waals surface area contributed by atoms with E-state index in [1.807, 2.05) is 13.8 Å². The number of nitrogens with zero attached hydrogens (tertiary/aromatic N) is 2. The van der Waals surface area contributed by atoms with Gasteiger partial charge in [0.05, 0.1) is 12.3 Å². The Labute approximate surface area is 113 Å². The second-order valence-corrected chi connectivity index (χ2v) is 6.21. The number of rotatable bonds is 4. The Bertz CT molecular complexity index is 386. The molecule has 4 nitrogen and oxygen atoms in total. The predicted molar refractivity (Wildman–Crippen MR) is 76.3 cm³/mol. The van der Waals surface area contributed by atoms with Gasteiger partial charge in [0.2, 0.25) is 0 Å². The maximum Gasteiger partial charge on any atom is 0.185 e. The van der Waals surface area contributed by atoms with Gasteiger partial charge in [0.15, 0.2) is 5.13 Å². The molecule has 2 atom stereocenters. The highest BCUT2D eigenvalue weighted by Gasteiger charge is 2.19. The lowest BCUT2D eigenvalue weighted by Gasteiger charge is -2.26. The predicted octanol–water partition coefficient (Wildman–Crippen LogP) is 2.33. The van der Waals surface area contributed by atoms with Crippen LogP contribution < -0.4 is 10.6 Å². The van der Waals surface area contributed by atoms with Gasteiger partial charge in [-0.15, -0.1) is 11.3 Å². The highest BCUT2D eigenvalue weighted by atomic mass is 32.1. The first-order valence-electron chi connectivity index (χ1n) is 6.59. The Balaban J connectivity index is 1.99. The van der Waals surface area contributed by atoms with Gasteiger partial charge in [-0.3, -0.25) is 0 Å². The summed E-state index contributed by atoms with van der Waals surface area (Å²) in [5.74, 6) is 0.631. The van der Waals surface area contributed by atoms with Gasteiger partial charge in [0.25, 0.3) is 0 Å². The van der Waals surface area contributed by atoms with Crippen molar-refractivity contribution in [1.29, 1.82) is 0 Å². The van der Waals surface area contributed by atoms with Gasteiger partial charge in [0, 0.05) is 31.1 Å². The van der Waals surface area contributed by atoms with E-state index >= 15 is 0 Å². The molecular formula is C13H23N3OS. The molecule has 0 spiro atoms. The third-order valence-corrected chi connectivity index (χ3v) is 4.82. The Kier molecular flexibility index (Phi) is 4.59. The first kappa shape index (κ1) is 13.8. The molecule has 1 saturated heterocycles. The van der Waals surface area contributed by atoms with Gasteiger partial charge in [-0.25, -0.2) is 4.98 Å². The lowest BCUT2D eigenvalue weighted by atomic mass is 10.0. The lowest BCUT2D eigenvalue weighted by molar-refractivity contribution is 0.0576. The first-order valence-corrected chi connectivity index (χ1v) is 7.41. The van der Waals surface area contributed by atoms with Gasteiger partial charge >= 0.3 is 0 Å². The Morgan fingerprint density at radius 1 is 1.61 bits per heavy atom. The summed E-state index contributed by atoms with van der Waals surface area (Å²) in [5.41, 5.74) is 7.01. The first-order chi connectivity index (χ1) is 8.58. The summed E-state index contributed by atoms with van der Waals surface area (Å²) in [7, 11) is 2.11. The summed E-state index contributed by atoms with van der Waals surface area (Å²) in [5, 5.41) is 1.07. The number of anilines is 1. The van der Waals surface area contributed by atoms with E-state index in [-0.39, 0.29) is 6.04 Å². The number of aryl methyl sites for hydroxylation is 1. The maximum absolute atomic E-state index is 5.94. The highest BCUT2D eigenvalue weighted by Crippen LogP contribution is 2.30. The highest BCUT2D eigenvalue weighted by molar-refractivity contribution is 7.15. The van der Waals surface area contributed by atoms with Crippen molar-refractivity contribution < 1.29 is 4.74 Å². The summed E-state index contributed by atoms with van der Waals surface area (Å²) in [6.45, 7) is 6.88. The molecule has 1 aliphatic heterocycles. The van der Waals surface area contributed by atoms with Gasteiger partial charge in [-0.05, 0) is 32.6 Å². The SMILES string of the molecule is Cc1nc(N(C)CC2CCCOC2)sc1C(C)N. The molecular weight excluding hydrogens is 246 g/mol. The minimum Gasteiger partial charge on any atom is -0.381 e. The molecule has 0 aliphatic carbocycles. The minimum atomic E-state index is 0.0719. The molecule has 0 radical (unpaired) electrons. The number of hydrogen-bond acceptors (Lipinski definition) is 5. The molecule has 2 heterocycles. The topological polar surface area (TPSA) is 51.4 Å². The van der Waals surface area contributed by atoms with Crippen LogP contribution in [0.1, 0.15) is 36.4 Å². The summed E-state index contributed by atoms with van der Waals surface area (Å²) in [4.78, 5) is 8.05. The van der Waals surface area contributed by atoms with Crippen molar-refractivity contribution in [3.05, 3.63) is 10.6 Å². The van der Waals surface area contributed by atoms with E-state index in [1.54, 1.807) is 11.3 Å². The summed E-state index contributed by atoms with van der Waals surface area (Å²) >= 11 is 1.71. The number of hydrogen-bond donors (Lipinski definition) is 1. The lowest BCUT2D eigenvalue weighted by Crippen LogP contribution is -2.30. The number of nitrogens with two attached hydrogens (primary N) is 1. The maximum atomic E-state index is 5.94. The van der Waals surface area contributed by atoms with Gasteiger partial charge < -0.3 is 15.4 Å². The van der Waals surface area contributed by atoms with Crippen molar-refractivity contribution in [3.63, 3.8) is 0 Å². The van der Waals surface area contributed by atoms with Gasteiger partial charge in [-0.1, -0.05) is 0 Å². The molecule has 2 N–H and O–H groups in total. The minimum absolute atomic E-state index is 0.0719. The fourth-order valence-corrected chi connectivity index (χ4v) is 3.38. The van der Waals surface area contributed by atoms with Crippen molar-refractivity contribution >= 4 is 16.5 Å². The Morgan fingerprint density at radius 3 is 2.94 bits per heavy atom. The van der Waals surface area contributed by atoms with Crippen molar-refractivity contribution in [2.45, 2.75) is 32.7 Å². The van der Waals surface area contributed by atoms with Crippen molar-refractivity contribution in [1.82, 2.24) is 4.98 Å². The molecule has 18 heavy (non-hydrogen) atoms. The van der Waals surface area contributed by atoms with E-state index < -0.39 is 0 Å². The van der Waals surface area contributed by atoms with Crippen LogP contribution in [0.3, 0.4) is 0 Å². The van der Waals surface area contributed by atoms with E-state index in [2.05, 4.69) is 16.9 Å². The van der Waals surface area contributed by atoms with E-state index in [9.17, 15) is 0 Å². The monoisotopic (exact) mass is 269 g/mol. The van der Waals surface area contributed by atoms with Gasteiger partial charge in [0.1, 0.15) is 0 Å². The fourth-order valence-electron chi connectivity index (χ4n) is 2.40. The van der Waals surface area contributed by atoms with Crippen LogP contribution in [0, 0.1) is 12.8 Å². The molecule has 5 heteroatoms. The standard InChI is InChI=1S/C13H23N3OS/c1-9(14)12-10(2)15-13(18-12)16(3)7-11-5-4-6-17-8-11/h9,11H,4-8,14H2,1-3H3. The quantitative estimate of drug-likeness (QED) is 0.911. The summed E-state index contributed by atoms with van der Waals surface area (Å²) < 4.78 is 5.52. The third kappa shape index (κ3) is 3.22. The average Bonchev–Trinajstić information content (AvgIpc) is 2.73. The Hall–Kier alpha value is -0.650. The molecule has 0 aromatic carbocycles. The molecule has 0 saturated carbocycles. The number of thiazole rings is 1. The molecule has 1 aromatic rings. The van der Waals surface area contributed by atoms with E-state index in [0.717, 1.165) is 30.6 Å². The van der Waals surface area contributed by atoms with Gasteiger partial charge in [-0.2, -0.15) is 0 Å². The van der Waals surface area contributed by atoms with E-state index in [4.69, 9.17) is 10.5 Å².